The molecule has 2 aliphatic heterocycles. The number of carbonyl (C=O) groups is 1. The van der Waals surface area contributed by atoms with Crippen molar-refractivity contribution in [3.05, 3.63) is 95.1 Å². The van der Waals surface area contributed by atoms with E-state index in [0.717, 1.165) is 61.6 Å². The molecule has 3 aromatic carbocycles. The molecule has 7 heteroatoms. The van der Waals surface area contributed by atoms with Crippen LogP contribution < -0.4 is 10.1 Å². The van der Waals surface area contributed by atoms with Crippen LogP contribution in [0, 0.1) is 23.5 Å². The number of methoxy groups -OCH3 is 1. The fourth-order valence-corrected chi connectivity index (χ4v) is 4.98. The van der Waals surface area contributed by atoms with Gasteiger partial charge in [-0.2, -0.15) is 0 Å². The fraction of sp³-hybridized carbons (Fsp3) is 0.300. The van der Waals surface area contributed by atoms with Crippen LogP contribution in [0.2, 0.25) is 0 Å². The highest BCUT2D eigenvalue weighted by atomic mass is 19.2. The van der Waals surface area contributed by atoms with Gasteiger partial charge in [-0.3, -0.25) is 4.90 Å². The Kier molecular flexibility index (Phi) is 7.38. The quantitative estimate of drug-likeness (QED) is 0.484. The third-order valence-electron chi connectivity index (χ3n) is 7.13. The van der Waals surface area contributed by atoms with E-state index in [9.17, 15) is 13.6 Å². The normalized spacial score (nSPS) is 19.4. The molecule has 0 aliphatic carbocycles. The number of amides is 2. The lowest BCUT2D eigenvalue weighted by Gasteiger charge is -2.51. The van der Waals surface area contributed by atoms with E-state index in [0.29, 0.717) is 18.0 Å². The zero-order valence-corrected chi connectivity index (χ0v) is 20.7. The van der Waals surface area contributed by atoms with Gasteiger partial charge in [0.25, 0.3) is 0 Å². The Morgan fingerprint density at radius 3 is 2.32 bits per heavy atom. The fourth-order valence-electron chi connectivity index (χ4n) is 4.98. The number of urea groups is 1. The summed E-state index contributed by atoms with van der Waals surface area (Å²) in [4.78, 5) is 17.5. The van der Waals surface area contributed by atoms with Gasteiger partial charge in [0.2, 0.25) is 0 Å². The summed E-state index contributed by atoms with van der Waals surface area (Å²) in [6, 6.07) is 19.3. The van der Waals surface area contributed by atoms with Crippen LogP contribution in [0.15, 0.2) is 66.7 Å². The number of nitrogens with zero attached hydrogens (tertiary/aromatic N) is 2. The minimum Gasteiger partial charge on any atom is -0.497 e. The van der Waals surface area contributed by atoms with Gasteiger partial charge < -0.3 is 15.0 Å². The molecule has 37 heavy (non-hydrogen) atoms. The minimum atomic E-state index is -0.900. The number of hydrogen-bond acceptors (Lipinski definition) is 3. The number of benzene rings is 3. The van der Waals surface area contributed by atoms with E-state index in [1.165, 1.54) is 11.6 Å². The predicted octanol–water partition coefficient (Wildman–Crippen LogP) is 5.47. The molecule has 2 atom stereocenters. The van der Waals surface area contributed by atoms with Crippen LogP contribution in [0.4, 0.5) is 19.3 Å². The molecule has 2 amide bonds. The highest BCUT2D eigenvalue weighted by Gasteiger charge is 2.41. The van der Waals surface area contributed by atoms with E-state index in [4.69, 9.17) is 4.74 Å². The van der Waals surface area contributed by atoms with Crippen LogP contribution in [0.3, 0.4) is 0 Å². The Hall–Kier alpha value is -3.89. The molecular formula is C30H29F2N3O2. The average molecular weight is 502 g/mol. The molecule has 190 valence electrons. The molecule has 0 saturated carbocycles. The third kappa shape index (κ3) is 5.76. The van der Waals surface area contributed by atoms with Crippen molar-refractivity contribution in [2.75, 3.05) is 38.6 Å². The second kappa shape index (κ2) is 11.0. The van der Waals surface area contributed by atoms with Crippen molar-refractivity contribution in [1.29, 1.82) is 0 Å². The first-order valence-corrected chi connectivity index (χ1v) is 12.5. The number of anilines is 1. The van der Waals surface area contributed by atoms with Crippen LogP contribution in [-0.4, -0.2) is 55.2 Å². The molecule has 2 saturated heterocycles. The van der Waals surface area contributed by atoms with Crippen molar-refractivity contribution in [2.45, 2.75) is 24.8 Å². The lowest BCUT2D eigenvalue weighted by molar-refractivity contribution is 0.0272. The largest absolute Gasteiger partial charge is 0.497 e. The first-order valence-electron chi connectivity index (χ1n) is 12.5. The zero-order valence-electron chi connectivity index (χ0n) is 20.7. The second-order valence-corrected chi connectivity index (χ2v) is 9.48. The number of fused-ring (bicyclic) bond motifs is 1. The average Bonchev–Trinajstić information content (AvgIpc) is 2.90. The van der Waals surface area contributed by atoms with Gasteiger partial charge in [-0.15, -0.1) is 0 Å². The van der Waals surface area contributed by atoms with Crippen LogP contribution in [0.25, 0.3) is 0 Å². The SMILES string of the molecule is COc1ccc(NC(=O)N2CCCCN3C[C@H](c4ccc(C#Cc5ccc(F)c(F)c5)cc4)[C@@H]3C2)cc1. The molecular weight excluding hydrogens is 472 g/mol. The van der Waals surface area contributed by atoms with E-state index in [1.54, 1.807) is 7.11 Å². The zero-order chi connectivity index (χ0) is 25.8. The molecule has 0 aromatic heterocycles. The van der Waals surface area contributed by atoms with E-state index in [2.05, 4.69) is 34.2 Å². The number of halogens is 2. The smallest absolute Gasteiger partial charge is 0.321 e. The number of nitrogens with one attached hydrogen (secondary N) is 1. The van der Waals surface area contributed by atoms with Crippen LogP contribution in [0.5, 0.6) is 5.75 Å². The maximum atomic E-state index is 13.4. The standard InChI is InChI=1S/C30H29F2N3O2/c1-37-25-13-11-24(12-14-25)33-30(36)35-17-3-2-16-34-19-26(29(34)20-35)23-9-6-21(7-10-23)4-5-22-8-15-27(31)28(32)18-22/h6-15,18,26,29H,2-3,16-17,19-20H2,1H3,(H,33,36)/t26-,29+/m1/s1. The van der Waals surface area contributed by atoms with Crippen molar-refractivity contribution in [3.63, 3.8) is 0 Å². The Balaban J connectivity index is 1.24. The number of hydrogen-bond donors (Lipinski definition) is 1. The Bertz CT molecular complexity index is 1320. The molecule has 1 N–H and O–H groups in total. The number of rotatable bonds is 3. The maximum Gasteiger partial charge on any atom is 0.321 e. The van der Waals surface area contributed by atoms with Crippen molar-refractivity contribution in [1.82, 2.24) is 9.80 Å². The van der Waals surface area contributed by atoms with E-state index >= 15 is 0 Å². The number of ether oxygens (including phenoxy) is 1. The van der Waals surface area contributed by atoms with Gasteiger partial charge >= 0.3 is 6.03 Å². The molecule has 5 rings (SSSR count). The molecule has 5 nitrogen and oxygen atoms in total. The summed E-state index contributed by atoms with van der Waals surface area (Å²) < 4.78 is 31.7. The van der Waals surface area contributed by atoms with Crippen LogP contribution in [0.1, 0.15) is 35.4 Å². The highest BCUT2D eigenvalue weighted by molar-refractivity contribution is 5.89. The summed E-state index contributed by atoms with van der Waals surface area (Å²) >= 11 is 0. The maximum absolute atomic E-state index is 13.4. The van der Waals surface area contributed by atoms with Gasteiger partial charge in [0.15, 0.2) is 11.6 Å². The summed E-state index contributed by atoms with van der Waals surface area (Å²) in [5.41, 5.74) is 3.20. The molecule has 0 radical (unpaired) electrons. The molecule has 2 heterocycles. The first kappa shape index (κ1) is 24.8. The van der Waals surface area contributed by atoms with Crippen molar-refractivity contribution >= 4 is 11.7 Å². The molecule has 3 aromatic rings. The lowest BCUT2D eigenvalue weighted by Crippen LogP contribution is -2.61. The Morgan fingerprint density at radius 2 is 1.59 bits per heavy atom. The Labute approximate surface area is 216 Å². The predicted molar refractivity (Wildman–Crippen MR) is 140 cm³/mol. The third-order valence-corrected chi connectivity index (χ3v) is 7.13. The van der Waals surface area contributed by atoms with Gasteiger partial charge in [0.1, 0.15) is 5.75 Å². The molecule has 0 spiro atoms. The van der Waals surface area contributed by atoms with Crippen molar-refractivity contribution < 1.29 is 18.3 Å². The van der Waals surface area contributed by atoms with Gasteiger partial charge in [-0.1, -0.05) is 24.0 Å². The molecule has 0 bridgehead atoms. The van der Waals surface area contributed by atoms with Crippen molar-refractivity contribution in [2.24, 2.45) is 0 Å². The van der Waals surface area contributed by atoms with Crippen LogP contribution in [-0.2, 0) is 0 Å². The highest BCUT2D eigenvalue weighted by Crippen LogP contribution is 2.36. The van der Waals surface area contributed by atoms with Gasteiger partial charge in [0.05, 0.1) is 7.11 Å². The topological polar surface area (TPSA) is 44.8 Å². The van der Waals surface area contributed by atoms with E-state index in [1.807, 2.05) is 41.3 Å². The summed E-state index contributed by atoms with van der Waals surface area (Å²) in [5, 5.41) is 3.02. The molecule has 2 fully saturated rings. The minimum absolute atomic E-state index is 0.0829. The first-order chi connectivity index (χ1) is 18.0. The van der Waals surface area contributed by atoms with Gasteiger partial charge in [-0.25, -0.2) is 13.6 Å². The van der Waals surface area contributed by atoms with Crippen molar-refractivity contribution in [3.8, 4) is 17.6 Å². The monoisotopic (exact) mass is 501 g/mol. The Morgan fingerprint density at radius 1 is 0.892 bits per heavy atom. The summed E-state index contributed by atoms with van der Waals surface area (Å²) in [5.74, 6) is 5.21. The number of carbonyl (C=O) groups excluding carboxylic acids is 1. The second-order valence-electron chi connectivity index (χ2n) is 9.48. The summed E-state index contributed by atoms with van der Waals surface area (Å²) in [7, 11) is 1.62. The van der Waals surface area contributed by atoms with E-state index in [-0.39, 0.29) is 12.1 Å². The summed E-state index contributed by atoms with van der Waals surface area (Å²) in [6.45, 7) is 3.42. The molecule has 0 unspecified atom stereocenters. The van der Waals surface area contributed by atoms with Crippen LogP contribution >= 0.6 is 0 Å². The van der Waals surface area contributed by atoms with Gasteiger partial charge in [-0.05, 0) is 79.5 Å². The molecule has 2 aliphatic rings. The lowest BCUT2D eigenvalue weighted by atomic mass is 9.81. The van der Waals surface area contributed by atoms with Gasteiger partial charge in [0, 0.05) is 48.4 Å². The van der Waals surface area contributed by atoms with E-state index < -0.39 is 11.6 Å². The summed E-state index contributed by atoms with van der Waals surface area (Å²) in [6.07, 6.45) is 2.04.